The van der Waals surface area contributed by atoms with Crippen molar-refractivity contribution in [3.63, 3.8) is 0 Å². The average Bonchev–Trinajstić information content (AvgIpc) is 3.61. The Bertz CT molecular complexity index is 2740. The number of rotatable bonds is 1. The molecule has 0 N–H and O–H groups in total. The van der Waals surface area contributed by atoms with E-state index < -0.39 is 0 Å². The molecule has 0 fully saturated rings. The van der Waals surface area contributed by atoms with Crippen molar-refractivity contribution in [3.8, 4) is 11.1 Å². The first-order valence-corrected chi connectivity index (χ1v) is 16.0. The van der Waals surface area contributed by atoms with Gasteiger partial charge in [0.25, 0.3) is 0 Å². The molecular formula is C40H22S2. The maximum absolute atomic E-state index is 2.47. The summed E-state index contributed by atoms with van der Waals surface area (Å²) in [5.41, 5.74) is 2.60. The molecule has 194 valence electrons. The molecule has 0 unspecified atom stereocenters. The lowest BCUT2D eigenvalue weighted by Crippen LogP contribution is -1.85. The van der Waals surface area contributed by atoms with Crippen LogP contribution in [0, 0.1) is 0 Å². The molecule has 0 nitrogen and oxygen atoms in total. The van der Waals surface area contributed by atoms with E-state index in [1.165, 1.54) is 94.6 Å². The Morgan fingerprint density at radius 3 is 1.95 bits per heavy atom. The zero-order chi connectivity index (χ0) is 27.4. The number of thiophene rings is 2. The van der Waals surface area contributed by atoms with Crippen molar-refractivity contribution in [1.82, 2.24) is 0 Å². The van der Waals surface area contributed by atoms with Crippen LogP contribution < -0.4 is 0 Å². The van der Waals surface area contributed by atoms with E-state index in [-0.39, 0.29) is 0 Å². The third-order valence-corrected chi connectivity index (χ3v) is 11.4. The summed E-state index contributed by atoms with van der Waals surface area (Å²) in [4.78, 5) is 0. The zero-order valence-corrected chi connectivity index (χ0v) is 24.2. The first-order chi connectivity index (χ1) is 20.8. The van der Waals surface area contributed by atoms with Crippen molar-refractivity contribution in [2.75, 3.05) is 0 Å². The minimum absolute atomic E-state index is 1.29. The molecular weight excluding hydrogens is 545 g/mol. The Hall–Kier alpha value is -4.76. The maximum atomic E-state index is 2.47. The smallest absolute Gasteiger partial charge is 0.0433 e. The molecule has 0 radical (unpaired) electrons. The molecule has 10 aromatic rings. The van der Waals surface area contributed by atoms with Crippen LogP contribution in [0.25, 0.3) is 94.6 Å². The van der Waals surface area contributed by atoms with Gasteiger partial charge in [0.05, 0.1) is 0 Å². The minimum atomic E-state index is 1.29. The van der Waals surface area contributed by atoms with Crippen LogP contribution in [0.1, 0.15) is 0 Å². The number of fused-ring (bicyclic) bond motifs is 14. The fourth-order valence-electron chi connectivity index (χ4n) is 7.13. The minimum Gasteiger partial charge on any atom is -0.135 e. The molecule has 0 aliphatic rings. The molecule has 42 heavy (non-hydrogen) atoms. The fourth-order valence-corrected chi connectivity index (χ4v) is 9.48. The summed E-state index contributed by atoms with van der Waals surface area (Å²) in [6.45, 7) is 0. The number of hydrogen-bond acceptors (Lipinski definition) is 2. The quantitative estimate of drug-likeness (QED) is 0.173. The SMILES string of the molecule is c1ccc2c(c1)ccc1c3ccccc3c3cc4c(cc3c21)sc1ccc(-c2cccc3c2sc2ccccc23)cc14. The second-order valence-corrected chi connectivity index (χ2v) is 13.4. The second-order valence-electron chi connectivity index (χ2n) is 11.2. The third-order valence-electron chi connectivity index (χ3n) is 9.03. The summed E-state index contributed by atoms with van der Waals surface area (Å²) < 4.78 is 5.40. The Morgan fingerprint density at radius 1 is 0.333 bits per heavy atom. The average molecular weight is 567 g/mol. The Balaban J connectivity index is 1.31. The predicted molar refractivity (Wildman–Crippen MR) is 188 cm³/mol. The summed E-state index contributed by atoms with van der Waals surface area (Å²) >= 11 is 3.81. The fraction of sp³-hybridized carbons (Fsp3) is 0. The van der Waals surface area contributed by atoms with Gasteiger partial charge in [-0.1, -0.05) is 103 Å². The van der Waals surface area contributed by atoms with Crippen molar-refractivity contribution < 1.29 is 0 Å². The van der Waals surface area contributed by atoms with Crippen LogP contribution in [-0.2, 0) is 0 Å². The highest BCUT2D eigenvalue weighted by atomic mass is 32.1. The van der Waals surface area contributed by atoms with Crippen molar-refractivity contribution in [2.24, 2.45) is 0 Å². The molecule has 0 aliphatic carbocycles. The molecule has 0 aliphatic heterocycles. The van der Waals surface area contributed by atoms with Crippen molar-refractivity contribution >= 4 is 106 Å². The van der Waals surface area contributed by atoms with E-state index in [1.54, 1.807) is 0 Å². The van der Waals surface area contributed by atoms with E-state index in [0.29, 0.717) is 0 Å². The number of benzene rings is 8. The van der Waals surface area contributed by atoms with Crippen molar-refractivity contribution in [2.45, 2.75) is 0 Å². The summed E-state index contributed by atoms with van der Waals surface area (Å²) in [7, 11) is 0. The highest BCUT2D eigenvalue weighted by Crippen LogP contribution is 2.45. The maximum Gasteiger partial charge on any atom is 0.0433 e. The molecule has 2 heterocycles. The zero-order valence-electron chi connectivity index (χ0n) is 22.5. The van der Waals surface area contributed by atoms with Gasteiger partial charge in [0.2, 0.25) is 0 Å². The second kappa shape index (κ2) is 8.39. The molecule has 0 spiro atoms. The van der Waals surface area contributed by atoms with Gasteiger partial charge in [-0.15, -0.1) is 22.7 Å². The molecule has 0 saturated carbocycles. The molecule has 2 heteroatoms. The molecule has 2 aromatic heterocycles. The standard InChI is InChI=1S/C40H22S2/c1-2-9-25-23(8-1)16-18-30-27-10-3-4-11-28(27)32-21-34-33-20-24(17-19-37(33)41-38(34)22-35(32)39(25)30)26-13-7-14-31-29-12-5-6-15-36(29)42-40(26)31/h1-22H. The van der Waals surface area contributed by atoms with Gasteiger partial charge in [-0.25, -0.2) is 0 Å². The van der Waals surface area contributed by atoms with Crippen LogP contribution in [0.5, 0.6) is 0 Å². The van der Waals surface area contributed by atoms with E-state index in [9.17, 15) is 0 Å². The summed E-state index contributed by atoms with van der Waals surface area (Å²) in [6, 6.07) is 49.8. The molecule has 8 aromatic carbocycles. The van der Waals surface area contributed by atoms with Crippen LogP contribution in [0.4, 0.5) is 0 Å². The van der Waals surface area contributed by atoms with E-state index in [1.807, 2.05) is 22.7 Å². The Kier molecular flexibility index (Phi) is 4.57. The Morgan fingerprint density at radius 2 is 1.05 bits per heavy atom. The lowest BCUT2D eigenvalue weighted by molar-refractivity contribution is 1.75. The predicted octanol–water partition coefficient (Wildman–Crippen LogP) is 12.7. The van der Waals surface area contributed by atoms with E-state index in [2.05, 4.69) is 133 Å². The van der Waals surface area contributed by atoms with Crippen LogP contribution >= 0.6 is 22.7 Å². The lowest BCUT2D eigenvalue weighted by Gasteiger charge is -2.13. The van der Waals surface area contributed by atoms with Crippen LogP contribution in [0.15, 0.2) is 133 Å². The van der Waals surface area contributed by atoms with Crippen LogP contribution in [0.2, 0.25) is 0 Å². The molecule has 0 bridgehead atoms. The van der Waals surface area contributed by atoms with Gasteiger partial charge in [0.1, 0.15) is 0 Å². The first-order valence-electron chi connectivity index (χ1n) is 14.3. The van der Waals surface area contributed by atoms with Gasteiger partial charge < -0.3 is 0 Å². The van der Waals surface area contributed by atoms with Crippen molar-refractivity contribution in [3.05, 3.63) is 133 Å². The normalized spacial score (nSPS) is 12.3. The topological polar surface area (TPSA) is 0 Å². The first kappa shape index (κ1) is 22.9. The van der Waals surface area contributed by atoms with Gasteiger partial charge >= 0.3 is 0 Å². The Labute approximate surface area is 249 Å². The van der Waals surface area contributed by atoms with Gasteiger partial charge in [-0.2, -0.15) is 0 Å². The third kappa shape index (κ3) is 3.06. The van der Waals surface area contributed by atoms with Crippen LogP contribution in [0.3, 0.4) is 0 Å². The largest absolute Gasteiger partial charge is 0.135 e. The van der Waals surface area contributed by atoms with Gasteiger partial charge in [-0.05, 0) is 84.5 Å². The van der Waals surface area contributed by atoms with Crippen LogP contribution in [-0.4, -0.2) is 0 Å². The molecule has 0 saturated heterocycles. The highest BCUT2D eigenvalue weighted by molar-refractivity contribution is 7.26. The monoisotopic (exact) mass is 566 g/mol. The summed E-state index contributed by atoms with van der Waals surface area (Å²) in [5.74, 6) is 0. The summed E-state index contributed by atoms with van der Waals surface area (Å²) in [6.07, 6.45) is 0. The highest BCUT2D eigenvalue weighted by Gasteiger charge is 2.16. The lowest BCUT2D eigenvalue weighted by atomic mass is 9.90. The van der Waals surface area contributed by atoms with Crippen molar-refractivity contribution in [1.29, 1.82) is 0 Å². The van der Waals surface area contributed by atoms with E-state index >= 15 is 0 Å². The van der Waals surface area contributed by atoms with Gasteiger partial charge in [0, 0.05) is 40.3 Å². The summed E-state index contributed by atoms with van der Waals surface area (Å²) in [5, 5.41) is 16.0. The molecule has 0 atom stereocenters. The van der Waals surface area contributed by atoms with E-state index in [4.69, 9.17) is 0 Å². The van der Waals surface area contributed by atoms with E-state index in [0.717, 1.165) is 0 Å². The van der Waals surface area contributed by atoms with Gasteiger partial charge in [0.15, 0.2) is 0 Å². The number of hydrogen-bond donors (Lipinski definition) is 0. The van der Waals surface area contributed by atoms with Gasteiger partial charge in [-0.3, -0.25) is 0 Å². The molecule has 0 amide bonds. The molecule has 10 rings (SSSR count).